The van der Waals surface area contributed by atoms with Gasteiger partial charge in [0.25, 0.3) is 5.56 Å². The maximum Gasteiger partial charge on any atom is 0.298 e. The zero-order valence-electron chi connectivity index (χ0n) is 13.8. The molecule has 0 atom stereocenters. The number of hydrogen-bond donors (Lipinski definition) is 0. The Morgan fingerprint density at radius 3 is 2.40 bits per heavy atom. The summed E-state index contributed by atoms with van der Waals surface area (Å²) in [6.45, 7) is 3.84. The lowest BCUT2D eigenvalue weighted by Crippen LogP contribution is -2.24. The lowest BCUT2D eigenvalue weighted by molar-refractivity contribution is 0.786. The highest BCUT2D eigenvalue weighted by Gasteiger charge is 2.16. The SMILES string of the molecule is Cc1ccccc1-n1nc(C)c2cnn(-c3ccc(Cl)cc3)c2c1=O. The minimum atomic E-state index is -0.206. The first-order valence-electron chi connectivity index (χ1n) is 7.86. The molecule has 0 unspecified atom stereocenters. The molecule has 2 aromatic heterocycles. The second-order valence-corrected chi connectivity index (χ2v) is 6.32. The third kappa shape index (κ3) is 2.53. The Morgan fingerprint density at radius 2 is 1.68 bits per heavy atom. The first kappa shape index (κ1) is 15.6. The van der Waals surface area contributed by atoms with Gasteiger partial charge in [0.15, 0.2) is 0 Å². The first-order chi connectivity index (χ1) is 12.1. The van der Waals surface area contributed by atoms with E-state index in [1.54, 1.807) is 23.0 Å². The molecule has 0 saturated carbocycles. The molecule has 6 heteroatoms. The van der Waals surface area contributed by atoms with E-state index in [1.165, 1.54) is 4.68 Å². The molecule has 4 aromatic rings. The Hall–Kier alpha value is -2.92. The number of rotatable bonds is 2. The number of aryl methyl sites for hydroxylation is 2. The van der Waals surface area contributed by atoms with E-state index >= 15 is 0 Å². The Labute approximate surface area is 149 Å². The Kier molecular flexibility index (Phi) is 3.66. The zero-order valence-corrected chi connectivity index (χ0v) is 14.5. The number of fused-ring (bicyclic) bond motifs is 1. The molecule has 5 nitrogen and oxygen atoms in total. The third-order valence-corrected chi connectivity index (χ3v) is 4.47. The van der Waals surface area contributed by atoms with Crippen LogP contribution >= 0.6 is 11.6 Å². The smallest absolute Gasteiger partial charge is 0.265 e. The van der Waals surface area contributed by atoms with Crippen LogP contribution in [0.25, 0.3) is 22.3 Å². The van der Waals surface area contributed by atoms with E-state index in [-0.39, 0.29) is 5.56 Å². The van der Waals surface area contributed by atoms with Crippen molar-refractivity contribution < 1.29 is 0 Å². The predicted molar refractivity (Wildman–Crippen MR) is 98.9 cm³/mol. The average Bonchev–Trinajstić information content (AvgIpc) is 3.05. The van der Waals surface area contributed by atoms with Crippen LogP contribution in [0, 0.1) is 13.8 Å². The summed E-state index contributed by atoms with van der Waals surface area (Å²) in [5.41, 5.74) is 3.56. The summed E-state index contributed by atoms with van der Waals surface area (Å²) in [5, 5.41) is 10.3. The summed E-state index contributed by atoms with van der Waals surface area (Å²) in [6, 6.07) is 14.9. The zero-order chi connectivity index (χ0) is 17.6. The summed E-state index contributed by atoms with van der Waals surface area (Å²) in [4.78, 5) is 13.2. The van der Waals surface area contributed by atoms with E-state index in [9.17, 15) is 4.79 Å². The van der Waals surface area contributed by atoms with Crippen molar-refractivity contribution in [3.8, 4) is 11.4 Å². The van der Waals surface area contributed by atoms with Crippen LogP contribution in [0.1, 0.15) is 11.3 Å². The quantitative estimate of drug-likeness (QED) is 0.552. The third-order valence-electron chi connectivity index (χ3n) is 4.22. The number of hydrogen-bond acceptors (Lipinski definition) is 3. The summed E-state index contributed by atoms with van der Waals surface area (Å²) in [6.07, 6.45) is 1.68. The molecular formula is C19H15ClN4O. The summed E-state index contributed by atoms with van der Waals surface area (Å²) < 4.78 is 3.08. The van der Waals surface area contributed by atoms with Crippen molar-refractivity contribution in [2.75, 3.05) is 0 Å². The van der Waals surface area contributed by atoms with Crippen LogP contribution in [0.4, 0.5) is 0 Å². The van der Waals surface area contributed by atoms with E-state index in [0.717, 1.165) is 28.0 Å². The number of benzene rings is 2. The molecule has 25 heavy (non-hydrogen) atoms. The van der Waals surface area contributed by atoms with Gasteiger partial charge in [-0.3, -0.25) is 4.79 Å². The van der Waals surface area contributed by atoms with Crippen molar-refractivity contribution in [3.05, 3.63) is 81.4 Å². The van der Waals surface area contributed by atoms with Gasteiger partial charge in [0.05, 0.1) is 23.3 Å². The lowest BCUT2D eigenvalue weighted by atomic mass is 10.2. The van der Waals surface area contributed by atoms with E-state index in [2.05, 4.69) is 10.2 Å². The highest BCUT2D eigenvalue weighted by atomic mass is 35.5. The van der Waals surface area contributed by atoms with Crippen molar-refractivity contribution in [2.45, 2.75) is 13.8 Å². The van der Waals surface area contributed by atoms with E-state index < -0.39 is 0 Å². The number of para-hydroxylation sites is 1. The van der Waals surface area contributed by atoms with Crippen molar-refractivity contribution in [1.29, 1.82) is 0 Å². The highest BCUT2D eigenvalue weighted by Crippen LogP contribution is 2.20. The van der Waals surface area contributed by atoms with Crippen molar-refractivity contribution in [1.82, 2.24) is 19.6 Å². The molecule has 0 aliphatic heterocycles. The Morgan fingerprint density at radius 1 is 0.960 bits per heavy atom. The molecule has 4 rings (SSSR count). The normalized spacial score (nSPS) is 11.2. The molecule has 0 aliphatic rings. The Balaban J connectivity index is 2.05. The summed E-state index contributed by atoms with van der Waals surface area (Å²) >= 11 is 5.96. The van der Waals surface area contributed by atoms with Crippen molar-refractivity contribution >= 4 is 22.5 Å². The molecule has 0 saturated heterocycles. The summed E-state index contributed by atoms with van der Waals surface area (Å²) in [5.74, 6) is 0. The predicted octanol–water partition coefficient (Wildman–Crippen LogP) is 3.84. The molecule has 0 radical (unpaired) electrons. The maximum atomic E-state index is 13.2. The van der Waals surface area contributed by atoms with Gasteiger partial charge in [-0.1, -0.05) is 29.8 Å². The fourth-order valence-corrected chi connectivity index (χ4v) is 3.04. The molecule has 0 bridgehead atoms. The molecule has 0 amide bonds. The molecule has 0 spiro atoms. The van der Waals surface area contributed by atoms with Gasteiger partial charge in [-0.25, -0.2) is 4.68 Å². The van der Waals surface area contributed by atoms with Crippen LogP contribution in [-0.2, 0) is 0 Å². The highest BCUT2D eigenvalue weighted by molar-refractivity contribution is 6.30. The van der Waals surface area contributed by atoms with Gasteiger partial charge >= 0.3 is 0 Å². The van der Waals surface area contributed by atoms with E-state index in [4.69, 9.17) is 11.6 Å². The minimum absolute atomic E-state index is 0.206. The van der Waals surface area contributed by atoms with Gasteiger partial charge in [0.2, 0.25) is 0 Å². The average molecular weight is 351 g/mol. The van der Waals surface area contributed by atoms with Crippen LogP contribution in [0.5, 0.6) is 0 Å². The molecule has 0 N–H and O–H groups in total. The van der Waals surface area contributed by atoms with Gasteiger partial charge in [-0.2, -0.15) is 14.9 Å². The van der Waals surface area contributed by atoms with E-state index in [1.807, 2.05) is 50.2 Å². The fourth-order valence-electron chi connectivity index (χ4n) is 2.91. The maximum absolute atomic E-state index is 13.2. The van der Waals surface area contributed by atoms with Crippen LogP contribution in [-0.4, -0.2) is 19.6 Å². The molecule has 0 fully saturated rings. The van der Waals surface area contributed by atoms with E-state index in [0.29, 0.717) is 10.5 Å². The standard InChI is InChI=1S/C19H15ClN4O/c1-12-5-3-4-6-17(12)24-19(25)18-16(13(2)22-24)11-21-23(18)15-9-7-14(20)8-10-15/h3-11H,1-2H3. The Bertz CT molecular complexity index is 1140. The fraction of sp³-hybridized carbons (Fsp3) is 0.105. The monoisotopic (exact) mass is 350 g/mol. The molecule has 2 heterocycles. The van der Waals surface area contributed by atoms with Gasteiger partial charge in [0.1, 0.15) is 5.52 Å². The summed E-state index contributed by atoms with van der Waals surface area (Å²) in [7, 11) is 0. The van der Waals surface area contributed by atoms with Crippen LogP contribution in [0.15, 0.2) is 59.5 Å². The number of halogens is 1. The van der Waals surface area contributed by atoms with Gasteiger partial charge in [-0.15, -0.1) is 0 Å². The lowest BCUT2D eigenvalue weighted by Gasteiger charge is -2.10. The van der Waals surface area contributed by atoms with Crippen LogP contribution < -0.4 is 5.56 Å². The van der Waals surface area contributed by atoms with Crippen molar-refractivity contribution in [2.24, 2.45) is 0 Å². The topological polar surface area (TPSA) is 52.7 Å². The first-order valence-corrected chi connectivity index (χ1v) is 8.23. The largest absolute Gasteiger partial charge is 0.298 e. The number of nitrogens with zero attached hydrogens (tertiary/aromatic N) is 4. The molecule has 124 valence electrons. The van der Waals surface area contributed by atoms with Crippen LogP contribution in [0.2, 0.25) is 5.02 Å². The van der Waals surface area contributed by atoms with Gasteiger partial charge < -0.3 is 0 Å². The molecular weight excluding hydrogens is 336 g/mol. The van der Waals surface area contributed by atoms with Gasteiger partial charge in [-0.05, 0) is 49.7 Å². The number of aromatic nitrogens is 4. The second kappa shape index (κ2) is 5.86. The minimum Gasteiger partial charge on any atom is -0.265 e. The molecule has 0 aliphatic carbocycles. The van der Waals surface area contributed by atoms with Gasteiger partial charge in [0, 0.05) is 10.4 Å². The molecule has 2 aromatic carbocycles. The second-order valence-electron chi connectivity index (χ2n) is 5.88. The van der Waals surface area contributed by atoms with Crippen molar-refractivity contribution in [3.63, 3.8) is 0 Å². The van der Waals surface area contributed by atoms with Crippen LogP contribution in [0.3, 0.4) is 0 Å².